The van der Waals surface area contributed by atoms with E-state index >= 15 is 0 Å². The minimum Gasteiger partial charge on any atom is -0.365 e. The van der Waals surface area contributed by atoms with Crippen molar-refractivity contribution < 1.29 is 14.3 Å². The maximum atomic E-state index is 13.2. The standard InChI is InChI=1S/C48H60O3/c1-34(21-17-23-36(3)27-29-42-39(6)45(49)38(5)31-47(42,8)9)19-15-16-20-35(2)22-18-24-37(4)28-30-43-40(7)46(50)44(32-48(43,10)11)51-33-41-25-13-12-14-26-41/h12-30,38,44H,31-33H2,1-11H3/b16-15+,21-17+,22-18+,29-27+,30-28+,34-19+,35-20+,36-23+,37-24+. The van der Waals surface area contributed by atoms with Crippen LogP contribution < -0.4 is 0 Å². The Morgan fingerprint density at radius 3 is 1.59 bits per heavy atom. The minimum atomic E-state index is -0.419. The fraction of sp³-hybridized carbons (Fsp3) is 0.375. The van der Waals surface area contributed by atoms with Crippen molar-refractivity contribution in [2.24, 2.45) is 16.7 Å². The molecule has 51 heavy (non-hydrogen) atoms. The zero-order valence-electron chi connectivity index (χ0n) is 33.0. The Balaban J connectivity index is 1.53. The van der Waals surface area contributed by atoms with Crippen LogP contribution in [-0.4, -0.2) is 17.7 Å². The number of Topliss-reactive ketones (excluding diaryl/α,β-unsaturated/α-hetero) is 2. The van der Waals surface area contributed by atoms with Crippen LogP contribution in [0.1, 0.15) is 94.6 Å². The van der Waals surface area contributed by atoms with Crippen molar-refractivity contribution in [1.82, 2.24) is 0 Å². The average Bonchev–Trinajstić information content (AvgIpc) is 3.06. The summed E-state index contributed by atoms with van der Waals surface area (Å²) >= 11 is 0. The number of allylic oxidation sites excluding steroid dienone is 21. The van der Waals surface area contributed by atoms with E-state index in [2.05, 4.69) is 140 Å². The van der Waals surface area contributed by atoms with Crippen LogP contribution in [0.3, 0.4) is 0 Å². The molecule has 1 aromatic rings. The Morgan fingerprint density at radius 2 is 1.08 bits per heavy atom. The molecule has 2 aliphatic carbocycles. The molecule has 0 heterocycles. The summed E-state index contributed by atoms with van der Waals surface area (Å²) in [7, 11) is 0. The first kappa shape index (κ1) is 41.1. The van der Waals surface area contributed by atoms with Crippen molar-refractivity contribution in [3.05, 3.63) is 166 Å². The lowest BCUT2D eigenvalue weighted by atomic mass is 9.68. The molecule has 0 aromatic heterocycles. The topological polar surface area (TPSA) is 43.4 Å². The third kappa shape index (κ3) is 12.4. The van der Waals surface area contributed by atoms with E-state index in [1.54, 1.807) is 0 Å². The van der Waals surface area contributed by atoms with Crippen LogP contribution in [0, 0.1) is 16.7 Å². The highest BCUT2D eigenvalue weighted by molar-refractivity contribution is 6.01. The molecule has 0 fully saturated rings. The zero-order chi connectivity index (χ0) is 37.8. The van der Waals surface area contributed by atoms with Gasteiger partial charge < -0.3 is 4.74 Å². The summed E-state index contributed by atoms with van der Waals surface area (Å²) in [5, 5.41) is 0. The van der Waals surface area contributed by atoms with Crippen molar-refractivity contribution in [2.45, 2.75) is 102 Å². The molecule has 0 saturated carbocycles. The number of ketones is 2. The van der Waals surface area contributed by atoms with Gasteiger partial charge in [-0.3, -0.25) is 9.59 Å². The quantitative estimate of drug-likeness (QED) is 0.194. The average molecular weight is 685 g/mol. The van der Waals surface area contributed by atoms with Crippen molar-refractivity contribution in [2.75, 3.05) is 0 Å². The number of hydrogen-bond acceptors (Lipinski definition) is 3. The molecule has 2 atom stereocenters. The zero-order valence-corrected chi connectivity index (χ0v) is 33.0. The molecule has 0 saturated heterocycles. The fourth-order valence-electron chi connectivity index (χ4n) is 6.90. The van der Waals surface area contributed by atoms with Crippen LogP contribution in [0.4, 0.5) is 0 Å². The van der Waals surface area contributed by atoms with Crippen molar-refractivity contribution >= 4 is 11.6 Å². The molecule has 0 spiro atoms. The number of carbonyl (C=O) groups excluding carboxylic acids is 2. The Labute approximate surface area is 309 Å². The van der Waals surface area contributed by atoms with Gasteiger partial charge >= 0.3 is 0 Å². The lowest BCUT2D eigenvalue weighted by molar-refractivity contribution is -0.130. The summed E-state index contributed by atoms with van der Waals surface area (Å²) < 4.78 is 6.09. The van der Waals surface area contributed by atoms with E-state index in [0.717, 1.165) is 56.6 Å². The molecule has 3 rings (SSSR count). The normalized spacial score (nSPS) is 22.7. The summed E-state index contributed by atoms with van der Waals surface area (Å²) in [4.78, 5) is 25.7. The molecule has 0 N–H and O–H groups in total. The summed E-state index contributed by atoms with van der Waals surface area (Å²) in [6, 6.07) is 10.0. The monoisotopic (exact) mass is 684 g/mol. The third-order valence-electron chi connectivity index (χ3n) is 9.84. The van der Waals surface area contributed by atoms with Gasteiger partial charge in [-0.05, 0) is 93.1 Å². The molecule has 2 aliphatic rings. The van der Waals surface area contributed by atoms with Crippen LogP contribution in [0.25, 0.3) is 0 Å². The molecule has 0 radical (unpaired) electrons. The molecule has 0 bridgehead atoms. The summed E-state index contributed by atoms with van der Waals surface area (Å²) in [5.41, 5.74) is 9.37. The van der Waals surface area contributed by atoms with Gasteiger partial charge in [0, 0.05) is 5.92 Å². The van der Waals surface area contributed by atoms with Crippen LogP contribution >= 0.6 is 0 Å². The Bertz CT molecular complexity index is 1770. The molecule has 0 aliphatic heterocycles. The Morgan fingerprint density at radius 1 is 0.647 bits per heavy atom. The number of benzene rings is 1. The van der Waals surface area contributed by atoms with E-state index in [1.165, 1.54) is 0 Å². The maximum absolute atomic E-state index is 13.2. The molecule has 3 nitrogen and oxygen atoms in total. The number of hydrogen-bond donors (Lipinski definition) is 0. The summed E-state index contributed by atoms with van der Waals surface area (Å²) in [6.45, 7) is 23.5. The van der Waals surface area contributed by atoms with E-state index < -0.39 is 6.10 Å². The molecule has 270 valence electrons. The van der Waals surface area contributed by atoms with E-state index in [9.17, 15) is 9.59 Å². The third-order valence-corrected chi connectivity index (χ3v) is 9.84. The lowest BCUT2D eigenvalue weighted by Gasteiger charge is -2.36. The highest BCUT2D eigenvalue weighted by Gasteiger charge is 2.38. The first-order valence-electron chi connectivity index (χ1n) is 18.3. The van der Waals surface area contributed by atoms with Crippen molar-refractivity contribution in [3.63, 3.8) is 0 Å². The van der Waals surface area contributed by atoms with E-state index in [-0.39, 0.29) is 28.3 Å². The van der Waals surface area contributed by atoms with Gasteiger partial charge in [0.25, 0.3) is 0 Å². The van der Waals surface area contributed by atoms with Crippen LogP contribution in [-0.2, 0) is 20.9 Å². The highest BCUT2D eigenvalue weighted by Crippen LogP contribution is 2.42. The second kappa shape index (κ2) is 18.8. The predicted octanol–water partition coefficient (Wildman–Crippen LogP) is 12.4. The van der Waals surface area contributed by atoms with Gasteiger partial charge in [-0.1, -0.05) is 172 Å². The van der Waals surface area contributed by atoms with E-state index in [0.29, 0.717) is 13.0 Å². The number of carbonyl (C=O) groups is 2. The second-order valence-corrected chi connectivity index (χ2v) is 15.6. The molecular formula is C48H60O3. The molecule has 3 heteroatoms. The van der Waals surface area contributed by atoms with E-state index in [1.807, 2.05) is 51.1 Å². The van der Waals surface area contributed by atoms with Gasteiger partial charge in [-0.25, -0.2) is 0 Å². The minimum absolute atomic E-state index is 0.00328. The van der Waals surface area contributed by atoms with Gasteiger partial charge in [0.15, 0.2) is 11.6 Å². The van der Waals surface area contributed by atoms with Gasteiger partial charge in [0.1, 0.15) is 6.10 Å². The summed E-state index contributed by atoms with van der Waals surface area (Å²) in [5.74, 6) is 0.446. The molecule has 1 aromatic carbocycles. The van der Waals surface area contributed by atoms with Gasteiger partial charge in [0.05, 0.1) is 6.61 Å². The van der Waals surface area contributed by atoms with Gasteiger partial charge in [-0.2, -0.15) is 0 Å². The first-order chi connectivity index (χ1) is 24.0. The van der Waals surface area contributed by atoms with Crippen molar-refractivity contribution in [1.29, 1.82) is 0 Å². The van der Waals surface area contributed by atoms with Gasteiger partial charge in [-0.15, -0.1) is 0 Å². The Hall–Kier alpha value is -4.34. The first-order valence-corrected chi connectivity index (χ1v) is 18.3. The van der Waals surface area contributed by atoms with Crippen LogP contribution in [0.15, 0.2) is 160 Å². The second-order valence-electron chi connectivity index (χ2n) is 15.6. The largest absolute Gasteiger partial charge is 0.365 e. The molecular weight excluding hydrogens is 625 g/mol. The summed E-state index contributed by atoms with van der Waals surface area (Å²) in [6.07, 6.45) is 30.3. The van der Waals surface area contributed by atoms with E-state index in [4.69, 9.17) is 4.74 Å². The maximum Gasteiger partial charge on any atom is 0.187 e. The SMILES string of the molecule is CC1=C(/C=C/C(C)=C/C=C/C(C)=C/C=C/C=C(C)/C=C/C=C(C)/C=C/C2=C(C)C(=O)C(OCc3ccccc3)CC2(C)C)C(C)(C)CC(C)C1=O. The van der Waals surface area contributed by atoms with Crippen molar-refractivity contribution in [3.8, 4) is 0 Å². The van der Waals surface area contributed by atoms with Crippen LogP contribution in [0.2, 0.25) is 0 Å². The fourth-order valence-corrected chi connectivity index (χ4v) is 6.90. The number of ether oxygens (including phenoxy) is 1. The molecule has 2 unspecified atom stereocenters. The lowest BCUT2D eigenvalue weighted by Crippen LogP contribution is -2.37. The highest BCUT2D eigenvalue weighted by atomic mass is 16.5. The Kier molecular flexibility index (Phi) is 15.1. The predicted molar refractivity (Wildman–Crippen MR) is 217 cm³/mol. The van der Waals surface area contributed by atoms with Gasteiger partial charge in [0.2, 0.25) is 0 Å². The smallest absolute Gasteiger partial charge is 0.187 e. The molecule has 0 amide bonds. The number of rotatable bonds is 13. The van der Waals surface area contributed by atoms with Crippen LogP contribution in [0.5, 0.6) is 0 Å².